The third-order valence-corrected chi connectivity index (χ3v) is 6.48. The Bertz CT molecular complexity index is 1450. The molecule has 1 amide bonds. The Kier molecular flexibility index (Phi) is 7.52. The fourth-order valence-electron chi connectivity index (χ4n) is 3.53. The summed E-state index contributed by atoms with van der Waals surface area (Å²) in [5, 5.41) is 4.01. The smallest absolute Gasteiger partial charge is 0.262 e. The van der Waals surface area contributed by atoms with E-state index in [9.17, 15) is 9.59 Å². The van der Waals surface area contributed by atoms with E-state index < -0.39 is 0 Å². The van der Waals surface area contributed by atoms with Crippen LogP contribution < -0.4 is 21.3 Å². The first-order valence-corrected chi connectivity index (χ1v) is 12.1. The molecule has 0 spiro atoms. The van der Waals surface area contributed by atoms with Crippen LogP contribution in [0, 0.1) is 0 Å². The number of hydrogen-bond acceptors (Lipinski definition) is 6. The van der Waals surface area contributed by atoms with Crippen LogP contribution in [0.5, 0.6) is 5.75 Å². The molecular weight excluding hydrogens is 460 g/mol. The largest absolute Gasteiger partial charge is 0.497 e. The lowest BCUT2D eigenvalue weighted by atomic mass is 10.1. The van der Waals surface area contributed by atoms with Gasteiger partial charge in [-0.05, 0) is 48.4 Å². The second kappa shape index (κ2) is 10.9. The summed E-state index contributed by atoms with van der Waals surface area (Å²) in [5.41, 5.74) is 9.51. The van der Waals surface area contributed by atoms with Crippen LogP contribution in [-0.4, -0.2) is 22.6 Å². The van der Waals surface area contributed by atoms with E-state index in [0.29, 0.717) is 45.5 Å². The van der Waals surface area contributed by atoms with Gasteiger partial charge in [-0.25, -0.2) is 4.98 Å². The molecule has 35 heavy (non-hydrogen) atoms. The van der Waals surface area contributed by atoms with Gasteiger partial charge >= 0.3 is 0 Å². The number of carbonyl (C=O) groups excluding carboxylic acids is 1. The second-order valence-electron chi connectivity index (χ2n) is 7.77. The molecule has 0 aliphatic heterocycles. The molecule has 3 aromatic carbocycles. The van der Waals surface area contributed by atoms with Crippen molar-refractivity contribution in [2.45, 2.75) is 24.4 Å². The maximum absolute atomic E-state index is 12.9. The minimum atomic E-state index is -0.251. The molecule has 0 bridgehead atoms. The maximum atomic E-state index is 12.9. The lowest BCUT2D eigenvalue weighted by molar-refractivity contribution is -0.111. The molecule has 0 saturated heterocycles. The number of nitrogens with two attached hydrogens (primary N) is 1. The van der Waals surface area contributed by atoms with E-state index in [2.05, 4.69) is 5.32 Å². The van der Waals surface area contributed by atoms with Gasteiger partial charge in [0.2, 0.25) is 5.91 Å². The van der Waals surface area contributed by atoms with Crippen LogP contribution in [0.4, 0.5) is 11.4 Å². The van der Waals surface area contributed by atoms with Crippen LogP contribution in [0.25, 0.3) is 17.0 Å². The van der Waals surface area contributed by atoms with Crippen LogP contribution >= 0.6 is 11.8 Å². The summed E-state index contributed by atoms with van der Waals surface area (Å²) < 4.78 is 6.97. The van der Waals surface area contributed by atoms with E-state index in [1.54, 1.807) is 48.1 Å². The SMILES string of the molecule is CCn1c(SCc2ccc(/C=C/C(=O)Nc3ccccc3N)cc2)nc2cc(OC)ccc2c1=O. The molecular formula is C27H26N4O3S. The fourth-order valence-corrected chi connectivity index (χ4v) is 4.55. The molecule has 0 saturated carbocycles. The number of thioether (sulfide) groups is 1. The first-order chi connectivity index (χ1) is 17.0. The quantitative estimate of drug-likeness (QED) is 0.158. The molecule has 0 fully saturated rings. The molecule has 4 aromatic rings. The number of rotatable bonds is 8. The average molecular weight is 487 g/mol. The van der Waals surface area contributed by atoms with Gasteiger partial charge in [-0.15, -0.1) is 0 Å². The average Bonchev–Trinajstić information content (AvgIpc) is 2.88. The number of benzene rings is 3. The van der Waals surface area contributed by atoms with Gasteiger partial charge in [-0.3, -0.25) is 14.2 Å². The highest BCUT2D eigenvalue weighted by Gasteiger charge is 2.11. The topological polar surface area (TPSA) is 99.2 Å². The fraction of sp³-hybridized carbons (Fsp3) is 0.148. The number of methoxy groups -OCH3 is 1. The van der Waals surface area contributed by atoms with Crippen LogP contribution in [0.2, 0.25) is 0 Å². The number of ether oxygens (including phenoxy) is 1. The summed E-state index contributed by atoms with van der Waals surface area (Å²) in [6.07, 6.45) is 3.22. The second-order valence-corrected chi connectivity index (χ2v) is 8.71. The number of hydrogen-bond donors (Lipinski definition) is 2. The van der Waals surface area contributed by atoms with Gasteiger partial charge in [-0.2, -0.15) is 0 Å². The predicted octanol–water partition coefficient (Wildman–Crippen LogP) is 4.95. The third kappa shape index (κ3) is 5.73. The number of nitrogens with zero attached hydrogens (tertiary/aromatic N) is 2. The molecule has 0 radical (unpaired) electrons. The van der Waals surface area contributed by atoms with E-state index >= 15 is 0 Å². The Labute approximate surface area is 207 Å². The van der Waals surface area contributed by atoms with Crippen molar-refractivity contribution in [3.8, 4) is 5.75 Å². The van der Waals surface area contributed by atoms with Crippen molar-refractivity contribution >= 4 is 46.0 Å². The van der Waals surface area contributed by atoms with Gasteiger partial charge in [0.15, 0.2) is 5.16 Å². The Morgan fingerprint density at radius 3 is 2.63 bits per heavy atom. The molecule has 1 heterocycles. The number of nitrogen functional groups attached to an aromatic ring is 1. The lowest BCUT2D eigenvalue weighted by Crippen LogP contribution is -2.22. The number of nitrogens with one attached hydrogen (secondary N) is 1. The summed E-state index contributed by atoms with van der Waals surface area (Å²) in [4.78, 5) is 29.8. The number of fused-ring (bicyclic) bond motifs is 1. The van der Waals surface area contributed by atoms with E-state index in [4.69, 9.17) is 15.5 Å². The molecule has 0 atom stereocenters. The molecule has 4 rings (SSSR count). The van der Waals surface area contributed by atoms with Crippen molar-refractivity contribution < 1.29 is 9.53 Å². The van der Waals surface area contributed by atoms with Crippen molar-refractivity contribution in [2.75, 3.05) is 18.2 Å². The highest BCUT2D eigenvalue weighted by molar-refractivity contribution is 7.98. The Hall–Kier alpha value is -4.04. The number of para-hydroxylation sites is 2. The van der Waals surface area contributed by atoms with Crippen LogP contribution in [0.15, 0.2) is 82.8 Å². The van der Waals surface area contributed by atoms with Crippen molar-refractivity contribution in [3.63, 3.8) is 0 Å². The van der Waals surface area contributed by atoms with Crippen molar-refractivity contribution in [1.82, 2.24) is 9.55 Å². The van der Waals surface area contributed by atoms with E-state index in [1.165, 1.54) is 17.8 Å². The highest BCUT2D eigenvalue weighted by atomic mass is 32.2. The van der Waals surface area contributed by atoms with Gasteiger partial charge in [-0.1, -0.05) is 48.2 Å². The summed E-state index contributed by atoms with van der Waals surface area (Å²) in [5.74, 6) is 1.07. The Morgan fingerprint density at radius 2 is 1.91 bits per heavy atom. The van der Waals surface area contributed by atoms with E-state index in [-0.39, 0.29) is 11.5 Å². The molecule has 7 nitrogen and oxygen atoms in total. The van der Waals surface area contributed by atoms with E-state index in [0.717, 1.165) is 11.1 Å². The normalized spacial score (nSPS) is 11.1. The lowest BCUT2D eigenvalue weighted by Gasteiger charge is -2.12. The summed E-state index contributed by atoms with van der Waals surface area (Å²) in [6.45, 7) is 2.47. The Balaban J connectivity index is 1.43. The standard InChI is InChI=1S/C27H26N4O3S/c1-3-31-26(33)21-14-13-20(34-2)16-24(21)30-27(31)35-17-19-10-8-18(9-11-19)12-15-25(32)29-23-7-5-4-6-22(23)28/h4-16H,3,17,28H2,1-2H3,(H,29,32)/b15-12+. The zero-order valence-corrected chi connectivity index (χ0v) is 20.3. The highest BCUT2D eigenvalue weighted by Crippen LogP contribution is 2.24. The first kappa shape index (κ1) is 24.1. The van der Waals surface area contributed by atoms with Crippen molar-refractivity contribution in [2.24, 2.45) is 0 Å². The molecule has 0 aliphatic carbocycles. The zero-order chi connectivity index (χ0) is 24.8. The number of aromatic nitrogens is 2. The minimum Gasteiger partial charge on any atom is -0.497 e. The molecule has 1 aromatic heterocycles. The van der Waals surface area contributed by atoms with Gasteiger partial charge in [0.05, 0.1) is 29.4 Å². The molecule has 0 unspecified atom stereocenters. The van der Waals surface area contributed by atoms with Gasteiger partial charge in [0.1, 0.15) is 5.75 Å². The molecule has 3 N–H and O–H groups in total. The summed E-state index contributed by atoms with van der Waals surface area (Å²) in [6, 6.07) is 20.3. The number of amides is 1. The molecule has 8 heteroatoms. The van der Waals surface area contributed by atoms with Crippen LogP contribution in [0.3, 0.4) is 0 Å². The first-order valence-electron chi connectivity index (χ1n) is 11.1. The zero-order valence-electron chi connectivity index (χ0n) is 19.5. The number of carbonyl (C=O) groups is 1. The van der Waals surface area contributed by atoms with Crippen LogP contribution in [0.1, 0.15) is 18.1 Å². The van der Waals surface area contributed by atoms with Crippen molar-refractivity contribution in [1.29, 1.82) is 0 Å². The van der Waals surface area contributed by atoms with E-state index in [1.807, 2.05) is 43.3 Å². The predicted molar refractivity (Wildman–Crippen MR) is 143 cm³/mol. The van der Waals surface area contributed by atoms with Gasteiger partial charge in [0, 0.05) is 24.4 Å². The minimum absolute atomic E-state index is 0.0568. The van der Waals surface area contributed by atoms with Gasteiger partial charge < -0.3 is 15.8 Å². The van der Waals surface area contributed by atoms with Crippen LogP contribution in [-0.2, 0) is 17.1 Å². The molecule has 0 aliphatic rings. The monoisotopic (exact) mass is 486 g/mol. The third-order valence-electron chi connectivity index (χ3n) is 5.44. The summed E-state index contributed by atoms with van der Waals surface area (Å²) in [7, 11) is 1.59. The van der Waals surface area contributed by atoms with Gasteiger partial charge in [0.25, 0.3) is 5.56 Å². The summed E-state index contributed by atoms with van der Waals surface area (Å²) >= 11 is 1.51. The molecule has 178 valence electrons. The maximum Gasteiger partial charge on any atom is 0.262 e. The Morgan fingerprint density at radius 1 is 1.14 bits per heavy atom. The van der Waals surface area contributed by atoms with Crippen molar-refractivity contribution in [3.05, 3.63) is 94.3 Å². The number of anilines is 2.